The Kier molecular flexibility index (Phi) is 565. The summed E-state index contributed by atoms with van der Waals surface area (Å²) >= 11 is 0. The van der Waals surface area contributed by atoms with Crippen LogP contribution in [0.5, 0.6) is 0 Å². The molecule has 0 bridgehead atoms. The van der Waals surface area contributed by atoms with Crippen LogP contribution < -0.4 is 0 Å². The molecule has 0 heterocycles. The second kappa shape index (κ2) is 40.7. The molecular formula is H3BCrFeNiSi. The van der Waals surface area contributed by atoms with E-state index in [1.807, 2.05) is 0 Å². The van der Waals surface area contributed by atoms with Crippen molar-refractivity contribution in [2.45, 2.75) is 0 Å². The zero-order valence-electron chi connectivity index (χ0n) is 2.66. The summed E-state index contributed by atoms with van der Waals surface area (Å²) in [5, 5.41) is 0. The Labute approximate surface area is 70.0 Å². The molecule has 0 nitrogen and oxygen atoms in total. The Bertz CT molecular complexity index is 11.6. The van der Waals surface area contributed by atoms with Gasteiger partial charge < -0.3 is 0 Å². The first kappa shape index (κ1) is 69.4. The Balaban J connectivity index is 0. The first-order valence-electron chi connectivity index (χ1n) is 0. The first-order chi connectivity index (χ1) is 0. The van der Waals surface area contributed by atoms with Crippen LogP contribution in [0.1, 0.15) is 0 Å². The van der Waals surface area contributed by atoms with Crippen LogP contribution in [0.15, 0.2) is 0 Å². The molecular weight excluding hydrogens is 205 g/mol. The van der Waals surface area contributed by atoms with Crippen molar-refractivity contribution in [3.8, 4) is 0 Å². The van der Waals surface area contributed by atoms with Gasteiger partial charge in [0.2, 0.25) is 0 Å². The van der Waals surface area contributed by atoms with Crippen molar-refractivity contribution in [1.82, 2.24) is 0 Å². The van der Waals surface area contributed by atoms with E-state index in [1.54, 1.807) is 0 Å². The molecule has 0 rings (SSSR count). The van der Waals surface area contributed by atoms with E-state index in [0.717, 1.165) is 0 Å². The summed E-state index contributed by atoms with van der Waals surface area (Å²) in [7, 11) is 0. The summed E-state index contributed by atoms with van der Waals surface area (Å²) in [5.41, 5.74) is 0. The normalized spacial score (nSPS) is 0. The molecule has 34 valence electrons. The van der Waals surface area contributed by atoms with Gasteiger partial charge in [0.05, 0.1) is 0 Å². The van der Waals surface area contributed by atoms with E-state index < -0.39 is 0 Å². The topological polar surface area (TPSA) is 0 Å². The predicted molar refractivity (Wildman–Crippen MR) is 15.7 cm³/mol. The van der Waals surface area contributed by atoms with Gasteiger partial charge in [0.1, 0.15) is 0 Å². The fourth-order valence-electron chi connectivity index (χ4n) is 0. The third-order valence-corrected chi connectivity index (χ3v) is 0. The molecule has 0 amide bonds. The molecule has 5 heavy (non-hydrogen) atoms. The number of hydrogen-bond donors (Lipinski definition) is 0. The van der Waals surface area contributed by atoms with Crippen molar-refractivity contribution in [2.24, 2.45) is 0 Å². The zero-order valence-corrected chi connectivity index (χ0v) is 8.02. The Morgan fingerprint density at radius 1 is 1.00 bits per heavy atom. The minimum atomic E-state index is 0. The summed E-state index contributed by atoms with van der Waals surface area (Å²) in [6.45, 7) is 0. The monoisotopic (exact) mass is 208 g/mol. The van der Waals surface area contributed by atoms with Gasteiger partial charge in [0, 0.05) is 59.3 Å². The van der Waals surface area contributed by atoms with Gasteiger partial charge in [-0.25, -0.2) is 0 Å². The Morgan fingerprint density at radius 2 is 1.00 bits per heavy atom. The predicted octanol–water partition coefficient (Wildman–Crippen LogP) is -1.57. The molecule has 0 aromatic carbocycles. The maximum Gasteiger partial charge on any atom is 0 e. The smallest absolute Gasteiger partial charge is 0 e. The van der Waals surface area contributed by atoms with Gasteiger partial charge in [-0.3, -0.25) is 0 Å². The molecule has 0 saturated carbocycles. The molecule has 0 aliphatic carbocycles. The molecule has 5 heteroatoms. The van der Waals surface area contributed by atoms with E-state index in [0.29, 0.717) is 0 Å². The molecule has 0 fully saturated rings. The van der Waals surface area contributed by atoms with Gasteiger partial charge >= 0.3 is 0 Å². The van der Waals surface area contributed by atoms with E-state index in [9.17, 15) is 0 Å². The second-order valence-electron chi connectivity index (χ2n) is 0. The maximum atomic E-state index is 0. The van der Waals surface area contributed by atoms with Crippen LogP contribution in [0.4, 0.5) is 0 Å². The largest absolute Gasteiger partial charge is 0.0125 e. The van der Waals surface area contributed by atoms with Gasteiger partial charge in [-0.1, -0.05) is 0 Å². The minimum absolute atomic E-state index is 0. The molecule has 0 N–H and O–H groups in total. The summed E-state index contributed by atoms with van der Waals surface area (Å²) in [5.74, 6) is 0. The van der Waals surface area contributed by atoms with Crippen LogP contribution in [-0.2, 0) is 50.9 Å². The fraction of sp³-hybridized carbons (Fsp3) is 0. The molecule has 0 aromatic heterocycles. The van der Waals surface area contributed by atoms with Crippen molar-refractivity contribution < 1.29 is 50.9 Å². The van der Waals surface area contributed by atoms with E-state index in [1.165, 1.54) is 0 Å². The molecule has 0 spiro atoms. The van der Waals surface area contributed by atoms with Crippen molar-refractivity contribution >= 4 is 19.4 Å². The van der Waals surface area contributed by atoms with Crippen molar-refractivity contribution in [3.05, 3.63) is 0 Å². The van der Waals surface area contributed by atoms with Crippen LogP contribution in [0.25, 0.3) is 0 Å². The Hall–Kier alpha value is 1.83. The fourth-order valence-corrected chi connectivity index (χ4v) is 0. The van der Waals surface area contributed by atoms with Crippen LogP contribution >= 0.6 is 0 Å². The zero-order chi connectivity index (χ0) is 0. The van der Waals surface area contributed by atoms with Crippen molar-refractivity contribution in [1.29, 1.82) is 0 Å². The molecule has 0 unspecified atom stereocenters. The van der Waals surface area contributed by atoms with Crippen LogP contribution in [0, 0.1) is 0 Å². The summed E-state index contributed by atoms with van der Waals surface area (Å²) in [4.78, 5) is 0. The molecule has 0 atom stereocenters. The van der Waals surface area contributed by atoms with E-state index in [2.05, 4.69) is 0 Å². The summed E-state index contributed by atoms with van der Waals surface area (Å²) < 4.78 is 0. The van der Waals surface area contributed by atoms with Crippen LogP contribution in [0.2, 0.25) is 0 Å². The van der Waals surface area contributed by atoms with Gasteiger partial charge in [-0.2, -0.15) is 0 Å². The van der Waals surface area contributed by atoms with Gasteiger partial charge in [0.25, 0.3) is 0 Å². The minimum Gasteiger partial charge on any atom is -0.0125 e. The van der Waals surface area contributed by atoms with Gasteiger partial charge in [-0.05, 0) is 11.0 Å². The Morgan fingerprint density at radius 3 is 1.00 bits per heavy atom. The average molecular weight is 208 g/mol. The average Bonchev–Trinajstić information content (AvgIpc) is 0. The number of rotatable bonds is 0. The number of hydrogen-bond acceptors (Lipinski definition) is 0. The third kappa shape index (κ3) is 25.6. The second-order valence-corrected chi connectivity index (χ2v) is 0. The molecule has 4 radical (unpaired) electrons. The van der Waals surface area contributed by atoms with E-state index in [-0.39, 0.29) is 70.3 Å². The van der Waals surface area contributed by atoms with Crippen LogP contribution in [-0.4, -0.2) is 19.4 Å². The quantitative estimate of drug-likeness (QED) is 0.422. The molecule has 0 saturated heterocycles. The van der Waals surface area contributed by atoms with Crippen molar-refractivity contribution in [2.75, 3.05) is 0 Å². The molecule has 0 aromatic rings. The summed E-state index contributed by atoms with van der Waals surface area (Å²) in [6.07, 6.45) is 0. The van der Waals surface area contributed by atoms with Crippen molar-refractivity contribution in [3.63, 3.8) is 0 Å². The van der Waals surface area contributed by atoms with Gasteiger partial charge in [0.15, 0.2) is 0 Å². The standard InChI is InChI=1S/B.Cr.Fe.Ni.H3Si/h;;;;1H3. The molecule has 0 aliphatic rings. The van der Waals surface area contributed by atoms with Crippen LogP contribution in [0.3, 0.4) is 0 Å². The molecule has 0 aliphatic heterocycles. The summed E-state index contributed by atoms with van der Waals surface area (Å²) in [6, 6.07) is 0. The van der Waals surface area contributed by atoms with E-state index in [4.69, 9.17) is 0 Å². The van der Waals surface area contributed by atoms with E-state index >= 15 is 0 Å². The first-order valence-corrected chi connectivity index (χ1v) is 0. The SMILES string of the molecule is [B].[Cr].[Fe].[Ni].[SiH3]. The van der Waals surface area contributed by atoms with Gasteiger partial charge in [-0.15, -0.1) is 0 Å². The third-order valence-electron chi connectivity index (χ3n) is 0. The maximum absolute atomic E-state index is 0.